The number of carbonyl (C=O) groups is 1. The summed E-state index contributed by atoms with van der Waals surface area (Å²) in [4.78, 5) is 18.0. The number of hydrogen-bond donors (Lipinski definition) is 1. The number of rotatable bonds is 3. The Labute approximate surface area is 152 Å². The zero-order valence-corrected chi connectivity index (χ0v) is 15.4. The second-order valence-corrected chi connectivity index (χ2v) is 9.63. The fourth-order valence-corrected chi connectivity index (χ4v) is 6.76. The van der Waals surface area contributed by atoms with Gasteiger partial charge in [-0.05, 0) is 63.2 Å². The zero-order valence-electron chi connectivity index (χ0n) is 14.6. The molecule has 1 aromatic carbocycles. The lowest BCUT2D eigenvalue weighted by Crippen LogP contribution is -2.51. The standard InChI is InChI=1S/C21H24N2OS/c1-13-22-18(17-5-3-2-4-6-17)19(25-13)23-20(24)21-10-14-7-15(11-21)9-16(8-14)12-21/h2-6,14-16H,7-12H2,1H3,(H,23,24). The Bertz CT molecular complexity index is 775. The molecule has 25 heavy (non-hydrogen) atoms. The first-order valence-corrected chi connectivity index (χ1v) is 10.3. The normalized spacial score (nSPS) is 32.8. The second-order valence-electron chi connectivity index (χ2n) is 8.43. The van der Waals surface area contributed by atoms with Crippen molar-refractivity contribution >= 4 is 22.2 Å². The SMILES string of the molecule is Cc1nc(-c2ccccc2)c(NC(=O)C23CC4CC(CC(C4)C2)C3)s1. The molecule has 4 fully saturated rings. The lowest BCUT2D eigenvalue weighted by molar-refractivity contribution is -0.140. The molecule has 1 heterocycles. The third-order valence-corrected chi connectivity index (χ3v) is 7.41. The maximum Gasteiger partial charge on any atom is 0.231 e. The molecule has 4 heteroatoms. The van der Waals surface area contributed by atoms with Crippen molar-refractivity contribution in [2.75, 3.05) is 5.32 Å². The summed E-state index contributed by atoms with van der Waals surface area (Å²) in [5, 5.41) is 5.22. The molecule has 0 aliphatic heterocycles. The number of benzene rings is 1. The minimum absolute atomic E-state index is 0.111. The van der Waals surface area contributed by atoms with Crippen LogP contribution < -0.4 is 5.32 Å². The molecule has 2 aromatic rings. The Morgan fingerprint density at radius 3 is 2.28 bits per heavy atom. The number of carbonyl (C=O) groups excluding carboxylic acids is 1. The van der Waals surface area contributed by atoms with Crippen LogP contribution in [0.4, 0.5) is 5.00 Å². The van der Waals surface area contributed by atoms with Crippen LogP contribution in [0.1, 0.15) is 43.5 Å². The van der Waals surface area contributed by atoms with Crippen LogP contribution in [0, 0.1) is 30.1 Å². The molecule has 0 atom stereocenters. The van der Waals surface area contributed by atoms with E-state index < -0.39 is 0 Å². The summed E-state index contributed by atoms with van der Waals surface area (Å²) in [5.74, 6) is 2.61. The molecule has 0 unspecified atom stereocenters. The van der Waals surface area contributed by atoms with Gasteiger partial charge in [0.1, 0.15) is 10.7 Å². The smallest absolute Gasteiger partial charge is 0.231 e. The highest BCUT2D eigenvalue weighted by Gasteiger charge is 2.54. The summed E-state index contributed by atoms with van der Waals surface area (Å²) in [5.41, 5.74) is 1.88. The summed E-state index contributed by atoms with van der Waals surface area (Å²) in [6.07, 6.45) is 7.39. The van der Waals surface area contributed by atoms with Crippen LogP contribution in [0.5, 0.6) is 0 Å². The highest BCUT2D eigenvalue weighted by Crippen LogP contribution is 2.60. The minimum Gasteiger partial charge on any atom is -0.315 e. The van der Waals surface area contributed by atoms with Crippen LogP contribution in [0.25, 0.3) is 11.3 Å². The van der Waals surface area contributed by atoms with Crippen LogP contribution in [-0.4, -0.2) is 10.9 Å². The van der Waals surface area contributed by atoms with Gasteiger partial charge in [0.2, 0.25) is 5.91 Å². The first-order valence-electron chi connectivity index (χ1n) is 9.46. The van der Waals surface area contributed by atoms with Gasteiger partial charge in [0.05, 0.1) is 10.4 Å². The Morgan fingerprint density at radius 1 is 1.08 bits per heavy atom. The molecule has 0 saturated heterocycles. The first kappa shape index (κ1) is 15.6. The molecule has 4 aliphatic carbocycles. The number of nitrogens with zero attached hydrogens (tertiary/aromatic N) is 1. The molecule has 4 aliphatic rings. The van der Waals surface area contributed by atoms with Gasteiger partial charge in [-0.2, -0.15) is 0 Å². The maximum atomic E-state index is 13.3. The van der Waals surface area contributed by atoms with Gasteiger partial charge in [-0.1, -0.05) is 30.3 Å². The summed E-state index contributed by atoms with van der Waals surface area (Å²) in [6.45, 7) is 2.01. The largest absolute Gasteiger partial charge is 0.315 e. The fourth-order valence-electron chi connectivity index (χ4n) is 5.93. The van der Waals surface area contributed by atoms with Gasteiger partial charge in [0.15, 0.2) is 0 Å². The van der Waals surface area contributed by atoms with Crippen molar-refractivity contribution in [3.63, 3.8) is 0 Å². The maximum absolute atomic E-state index is 13.3. The lowest BCUT2D eigenvalue weighted by Gasteiger charge is -2.55. The van der Waals surface area contributed by atoms with Gasteiger partial charge in [-0.3, -0.25) is 4.79 Å². The molecule has 1 N–H and O–H groups in total. The van der Waals surface area contributed by atoms with Crippen molar-refractivity contribution in [2.24, 2.45) is 23.2 Å². The average molecular weight is 353 g/mol. The van der Waals surface area contributed by atoms with E-state index in [0.29, 0.717) is 0 Å². The van der Waals surface area contributed by atoms with Gasteiger partial charge in [-0.15, -0.1) is 11.3 Å². The van der Waals surface area contributed by atoms with E-state index in [1.54, 1.807) is 11.3 Å². The second kappa shape index (κ2) is 5.66. The third-order valence-electron chi connectivity index (χ3n) is 6.53. The molecule has 4 saturated carbocycles. The van der Waals surface area contributed by atoms with Gasteiger partial charge in [0.25, 0.3) is 0 Å². The predicted octanol–water partition coefficient (Wildman–Crippen LogP) is 5.27. The summed E-state index contributed by atoms with van der Waals surface area (Å²) in [7, 11) is 0. The van der Waals surface area contributed by atoms with E-state index in [0.717, 1.165) is 58.3 Å². The first-order chi connectivity index (χ1) is 12.1. The molecular weight excluding hydrogens is 328 g/mol. The molecule has 4 bridgehead atoms. The van der Waals surface area contributed by atoms with Crippen LogP contribution >= 0.6 is 11.3 Å². The number of nitrogens with one attached hydrogen (secondary N) is 1. The van der Waals surface area contributed by atoms with E-state index >= 15 is 0 Å². The number of aryl methyl sites for hydroxylation is 1. The number of thiazole rings is 1. The van der Waals surface area contributed by atoms with Crippen molar-refractivity contribution in [1.29, 1.82) is 0 Å². The van der Waals surface area contributed by atoms with Crippen LogP contribution in [0.15, 0.2) is 30.3 Å². The van der Waals surface area contributed by atoms with Crippen molar-refractivity contribution in [2.45, 2.75) is 45.4 Å². The predicted molar refractivity (Wildman–Crippen MR) is 102 cm³/mol. The van der Waals surface area contributed by atoms with E-state index in [1.807, 2.05) is 25.1 Å². The number of amides is 1. The minimum atomic E-state index is -0.111. The highest BCUT2D eigenvalue weighted by molar-refractivity contribution is 7.16. The van der Waals surface area contributed by atoms with E-state index in [9.17, 15) is 4.79 Å². The highest BCUT2D eigenvalue weighted by atomic mass is 32.1. The molecule has 3 nitrogen and oxygen atoms in total. The van der Waals surface area contributed by atoms with Crippen LogP contribution in [0.2, 0.25) is 0 Å². The Hall–Kier alpha value is -1.68. The van der Waals surface area contributed by atoms with Crippen molar-refractivity contribution in [1.82, 2.24) is 4.98 Å². The van der Waals surface area contributed by atoms with E-state index in [4.69, 9.17) is 0 Å². The number of aromatic nitrogens is 1. The van der Waals surface area contributed by atoms with Crippen molar-refractivity contribution < 1.29 is 4.79 Å². The molecule has 0 radical (unpaired) electrons. The Balaban J connectivity index is 1.44. The quantitative estimate of drug-likeness (QED) is 0.817. The van der Waals surface area contributed by atoms with E-state index in [-0.39, 0.29) is 11.3 Å². The van der Waals surface area contributed by atoms with Crippen LogP contribution in [0.3, 0.4) is 0 Å². The Kier molecular flexibility index (Phi) is 3.53. The van der Waals surface area contributed by atoms with Gasteiger partial charge < -0.3 is 5.32 Å². The summed E-state index contributed by atoms with van der Waals surface area (Å²) >= 11 is 1.60. The molecular formula is C21H24N2OS. The van der Waals surface area contributed by atoms with E-state index in [2.05, 4.69) is 22.4 Å². The molecule has 130 valence electrons. The van der Waals surface area contributed by atoms with Gasteiger partial charge in [-0.25, -0.2) is 4.98 Å². The Morgan fingerprint density at radius 2 is 1.68 bits per heavy atom. The van der Waals surface area contributed by atoms with Crippen molar-refractivity contribution in [3.05, 3.63) is 35.3 Å². The molecule has 6 rings (SSSR count). The molecule has 0 spiro atoms. The molecule has 1 aromatic heterocycles. The topological polar surface area (TPSA) is 42.0 Å². The average Bonchev–Trinajstić information content (AvgIpc) is 2.95. The number of anilines is 1. The van der Waals surface area contributed by atoms with Crippen molar-refractivity contribution in [3.8, 4) is 11.3 Å². The lowest BCUT2D eigenvalue weighted by atomic mass is 9.49. The monoisotopic (exact) mass is 352 g/mol. The van der Waals surface area contributed by atoms with Gasteiger partial charge >= 0.3 is 0 Å². The molecule has 1 amide bonds. The summed E-state index contributed by atoms with van der Waals surface area (Å²) < 4.78 is 0. The zero-order chi connectivity index (χ0) is 17.0. The fraction of sp³-hybridized carbons (Fsp3) is 0.524. The summed E-state index contributed by atoms with van der Waals surface area (Å²) in [6, 6.07) is 10.2. The number of hydrogen-bond acceptors (Lipinski definition) is 3. The van der Waals surface area contributed by atoms with E-state index in [1.165, 1.54) is 19.3 Å². The third kappa shape index (κ3) is 2.62. The van der Waals surface area contributed by atoms with Gasteiger partial charge in [0, 0.05) is 5.56 Å². The van der Waals surface area contributed by atoms with Crippen LogP contribution in [-0.2, 0) is 4.79 Å².